The van der Waals surface area contributed by atoms with E-state index in [9.17, 15) is 0 Å². The maximum Gasteiger partial charge on any atom is 0.160 e. The Morgan fingerprint density at radius 2 is 1.91 bits per heavy atom. The molecule has 2 aromatic heterocycles. The first-order valence-electron chi connectivity index (χ1n) is 3.23. The summed E-state index contributed by atoms with van der Waals surface area (Å²) in [6, 6.07) is 5.92. The molecule has 0 fully saturated rings. The second-order valence-corrected chi connectivity index (χ2v) is 3.33. The van der Waals surface area contributed by atoms with E-state index in [4.69, 9.17) is 0 Å². The van der Waals surface area contributed by atoms with Gasteiger partial charge in [-0.3, -0.25) is 0 Å². The Morgan fingerprint density at radius 1 is 1.09 bits per heavy atom. The van der Waals surface area contributed by atoms with Crippen molar-refractivity contribution in [2.24, 2.45) is 0 Å². The average Bonchev–Trinajstić information content (AvgIpc) is 2.06. The summed E-state index contributed by atoms with van der Waals surface area (Å²) in [6.07, 6.45) is 3.53. The summed E-state index contributed by atoms with van der Waals surface area (Å²) in [4.78, 5) is 8.25. The van der Waals surface area contributed by atoms with Crippen LogP contribution in [0, 0.1) is 3.57 Å². The molecule has 2 aromatic rings. The molecular formula is C8H5IN2. The van der Waals surface area contributed by atoms with Crippen molar-refractivity contribution in [3.8, 4) is 0 Å². The first kappa shape index (κ1) is 6.97. The van der Waals surface area contributed by atoms with E-state index in [0.29, 0.717) is 0 Å². The molecular weight excluding hydrogens is 251 g/mol. The Kier molecular flexibility index (Phi) is 1.73. The van der Waals surface area contributed by atoms with Gasteiger partial charge in [0, 0.05) is 21.4 Å². The van der Waals surface area contributed by atoms with E-state index in [2.05, 4.69) is 32.6 Å². The van der Waals surface area contributed by atoms with E-state index < -0.39 is 0 Å². The third-order valence-corrected chi connectivity index (χ3v) is 2.40. The minimum Gasteiger partial charge on any atom is -0.237 e. The van der Waals surface area contributed by atoms with Gasteiger partial charge in [0.25, 0.3) is 0 Å². The quantitative estimate of drug-likeness (QED) is 0.675. The zero-order valence-corrected chi connectivity index (χ0v) is 7.82. The van der Waals surface area contributed by atoms with Crippen LogP contribution in [-0.2, 0) is 0 Å². The van der Waals surface area contributed by atoms with Gasteiger partial charge in [0.05, 0.1) is 0 Å². The maximum absolute atomic E-state index is 4.13. The topological polar surface area (TPSA) is 25.8 Å². The summed E-state index contributed by atoms with van der Waals surface area (Å²) in [5.41, 5.74) is 0.819. The molecule has 0 aromatic carbocycles. The lowest BCUT2D eigenvalue weighted by molar-refractivity contribution is 1.28. The molecule has 0 saturated carbocycles. The van der Waals surface area contributed by atoms with E-state index in [0.717, 1.165) is 11.0 Å². The van der Waals surface area contributed by atoms with Gasteiger partial charge in [-0.05, 0) is 40.8 Å². The van der Waals surface area contributed by atoms with Crippen LogP contribution in [-0.4, -0.2) is 9.97 Å². The van der Waals surface area contributed by atoms with Gasteiger partial charge in [-0.1, -0.05) is 0 Å². The number of fused-ring (bicyclic) bond motifs is 1. The van der Waals surface area contributed by atoms with Crippen LogP contribution >= 0.6 is 22.6 Å². The molecule has 0 spiro atoms. The predicted molar refractivity (Wildman–Crippen MR) is 52.3 cm³/mol. The largest absolute Gasteiger partial charge is 0.237 e. The number of rotatable bonds is 0. The molecule has 0 radical (unpaired) electrons. The monoisotopic (exact) mass is 256 g/mol. The molecule has 0 aliphatic heterocycles. The fourth-order valence-electron chi connectivity index (χ4n) is 0.949. The van der Waals surface area contributed by atoms with Crippen LogP contribution in [0.25, 0.3) is 11.0 Å². The van der Waals surface area contributed by atoms with Crippen molar-refractivity contribution in [1.82, 2.24) is 9.97 Å². The highest BCUT2D eigenvalue weighted by molar-refractivity contribution is 14.1. The number of pyridine rings is 2. The van der Waals surface area contributed by atoms with Gasteiger partial charge in [0.15, 0.2) is 5.65 Å². The molecule has 0 bridgehead atoms. The molecule has 0 amide bonds. The van der Waals surface area contributed by atoms with Crippen LogP contribution in [0.4, 0.5) is 0 Å². The summed E-state index contributed by atoms with van der Waals surface area (Å²) >= 11 is 2.28. The smallest absolute Gasteiger partial charge is 0.160 e. The van der Waals surface area contributed by atoms with Gasteiger partial charge in [-0.15, -0.1) is 0 Å². The zero-order valence-electron chi connectivity index (χ0n) is 5.66. The lowest BCUT2D eigenvalue weighted by Gasteiger charge is -1.95. The SMILES string of the molecule is Ic1ccnc2ncccc12. The van der Waals surface area contributed by atoms with Crippen LogP contribution in [0.1, 0.15) is 0 Å². The molecule has 11 heavy (non-hydrogen) atoms. The Bertz CT molecular complexity index is 381. The van der Waals surface area contributed by atoms with Gasteiger partial charge in [0.2, 0.25) is 0 Å². The van der Waals surface area contributed by atoms with Crippen LogP contribution < -0.4 is 0 Å². The zero-order chi connectivity index (χ0) is 7.68. The van der Waals surface area contributed by atoms with E-state index in [-0.39, 0.29) is 0 Å². The van der Waals surface area contributed by atoms with E-state index in [1.807, 2.05) is 18.2 Å². The summed E-state index contributed by atoms with van der Waals surface area (Å²) < 4.78 is 1.20. The maximum atomic E-state index is 4.13. The number of hydrogen-bond acceptors (Lipinski definition) is 2. The van der Waals surface area contributed by atoms with Gasteiger partial charge in [0.1, 0.15) is 0 Å². The molecule has 0 saturated heterocycles. The lowest BCUT2D eigenvalue weighted by Crippen LogP contribution is -1.83. The van der Waals surface area contributed by atoms with Gasteiger partial charge in [-0.25, -0.2) is 9.97 Å². The molecule has 2 heterocycles. The number of nitrogens with zero attached hydrogens (tertiary/aromatic N) is 2. The number of aromatic nitrogens is 2. The van der Waals surface area contributed by atoms with Crippen molar-refractivity contribution >= 4 is 33.6 Å². The van der Waals surface area contributed by atoms with Crippen molar-refractivity contribution in [3.63, 3.8) is 0 Å². The fourth-order valence-corrected chi connectivity index (χ4v) is 1.53. The molecule has 54 valence electrons. The molecule has 2 nitrogen and oxygen atoms in total. The van der Waals surface area contributed by atoms with Gasteiger partial charge in [-0.2, -0.15) is 0 Å². The normalized spacial score (nSPS) is 10.3. The summed E-state index contributed by atoms with van der Waals surface area (Å²) in [5.74, 6) is 0. The first-order chi connectivity index (χ1) is 5.38. The predicted octanol–water partition coefficient (Wildman–Crippen LogP) is 2.23. The molecule has 2 rings (SSSR count). The molecule has 0 unspecified atom stereocenters. The van der Waals surface area contributed by atoms with E-state index in [1.165, 1.54) is 3.57 Å². The first-order valence-corrected chi connectivity index (χ1v) is 4.31. The van der Waals surface area contributed by atoms with Crippen LogP contribution in [0.3, 0.4) is 0 Å². The average molecular weight is 256 g/mol. The minimum absolute atomic E-state index is 0.819. The third kappa shape index (κ3) is 1.20. The molecule has 0 N–H and O–H groups in total. The molecule has 0 aliphatic carbocycles. The Morgan fingerprint density at radius 3 is 2.73 bits per heavy atom. The minimum atomic E-state index is 0.819. The van der Waals surface area contributed by atoms with Crippen molar-refractivity contribution in [3.05, 3.63) is 34.2 Å². The molecule has 3 heteroatoms. The molecule has 0 aliphatic rings. The van der Waals surface area contributed by atoms with Crippen molar-refractivity contribution in [1.29, 1.82) is 0 Å². The second-order valence-electron chi connectivity index (χ2n) is 2.17. The Balaban J connectivity index is 2.91. The second kappa shape index (κ2) is 2.73. The van der Waals surface area contributed by atoms with Gasteiger partial charge < -0.3 is 0 Å². The highest BCUT2D eigenvalue weighted by Crippen LogP contribution is 2.15. The highest BCUT2D eigenvalue weighted by atomic mass is 127. The highest BCUT2D eigenvalue weighted by Gasteiger charge is 1.96. The van der Waals surface area contributed by atoms with Crippen LogP contribution in [0.2, 0.25) is 0 Å². The summed E-state index contributed by atoms with van der Waals surface area (Å²) in [5, 5.41) is 1.12. The van der Waals surface area contributed by atoms with E-state index in [1.54, 1.807) is 12.4 Å². The Hall–Kier alpha value is -0.710. The molecule has 0 atom stereocenters. The number of halogens is 1. The number of hydrogen-bond donors (Lipinski definition) is 0. The van der Waals surface area contributed by atoms with Crippen molar-refractivity contribution in [2.75, 3.05) is 0 Å². The summed E-state index contributed by atoms with van der Waals surface area (Å²) in [6.45, 7) is 0. The van der Waals surface area contributed by atoms with Crippen molar-refractivity contribution < 1.29 is 0 Å². The van der Waals surface area contributed by atoms with Crippen molar-refractivity contribution in [2.45, 2.75) is 0 Å². The lowest BCUT2D eigenvalue weighted by atomic mass is 10.3. The van der Waals surface area contributed by atoms with E-state index >= 15 is 0 Å². The van der Waals surface area contributed by atoms with Crippen LogP contribution in [0.5, 0.6) is 0 Å². The Labute approximate surface area is 77.8 Å². The van der Waals surface area contributed by atoms with Gasteiger partial charge >= 0.3 is 0 Å². The van der Waals surface area contributed by atoms with Crippen LogP contribution in [0.15, 0.2) is 30.6 Å². The fraction of sp³-hybridized carbons (Fsp3) is 0. The summed E-state index contributed by atoms with van der Waals surface area (Å²) in [7, 11) is 0. The standard InChI is InChI=1S/C8H5IN2/c9-7-3-5-11-8-6(7)2-1-4-10-8/h1-5H. The third-order valence-electron chi connectivity index (χ3n) is 1.46.